The average molecular weight is 635 g/mol. The van der Waals surface area contributed by atoms with Crippen LogP contribution in [0, 0.1) is 0 Å². The van der Waals surface area contributed by atoms with Gasteiger partial charge in [-0.1, -0.05) is 146 Å². The van der Waals surface area contributed by atoms with Crippen molar-refractivity contribution in [2.45, 2.75) is 172 Å². The molecule has 1 aromatic rings. The van der Waals surface area contributed by atoms with Gasteiger partial charge in [0.2, 0.25) is 0 Å². The molecule has 1 aromatic heterocycles. The highest BCUT2D eigenvalue weighted by molar-refractivity contribution is 7.99. The number of likely N-dealkylation sites (tertiary alicyclic amines) is 1. The number of aromatic nitrogens is 3. The van der Waals surface area contributed by atoms with Crippen LogP contribution in [0.2, 0.25) is 0 Å². The number of hydrogen-bond acceptors (Lipinski definition) is 7. The van der Waals surface area contributed by atoms with Gasteiger partial charge in [-0.05, 0) is 64.5 Å². The summed E-state index contributed by atoms with van der Waals surface area (Å²) in [6.07, 6.45) is 35.6. The third kappa shape index (κ3) is 22.4. The zero-order valence-electron chi connectivity index (χ0n) is 28.2. The van der Waals surface area contributed by atoms with Crippen LogP contribution in [0.1, 0.15) is 162 Å². The Labute approximate surface area is 275 Å². The Morgan fingerprint density at radius 2 is 1.02 bits per heavy atom. The summed E-state index contributed by atoms with van der Waals surface area (Å²) in [7, 11) is 0. The van der Waals surface area contributed by atoms with Gasteiger partial charge in [0, 0.05) is 18.1 Å². The Hall–Kier alpha value is -0.790. The van der Waals surface area contributed by atoms with E-state index in [0.29, 0.717) is 12.6 Å². The minimum atomic E-state index is 0.514. The molecule has 0 spiro atoms. The topological polar surface area (TPSA) is 51.1 Å². The van der Waals surface area contributed by atoms with Crippen molar-refractivity contribution >= 4 is 23.5 Å². The Bertz CT molecular complexity index is 789. The molecule has 2 rings (SSSR count). The minimum absolute atomic E-state index is 0.514. The molecule has 1 fully saturated rings. The van der Waals surface area contributed by atoms with E-state index in [0.717, 1.165) is 28.4 Å². The van der Waals surface area contributed by atoms with E-state index in [-0.39, 0.29) is 0 Å². The highest BCUT2D eigenvalue weighted by Crippen LogP contribution is 2.24. The van der Waals surface area contributed by atoms with Gasteiger partial charge in [0.05, 0.1) is 0 Å². The molecule has 0 radical (unpaired) electrons. The summed E-state index contributed by atoms with van der Waals surface area (Å²) in [5, 5.41) is 1.67. The molecule has 2 heterocycles. The molecule has 0 aromatic carbocycles. The fourth-order valence-electron chi connectivity index (χ4n) is 5.52. The zero-order valence-corrected chi connectivity index (χ0v) is 29.8. The molecule has 0 N–H and O–H groups in total. The highest BCUT2D eigenvalue weighted by Gasteiger charge is 2.13. The van der Waals surface area contributed by atoms with E-state index in [1.54, 1.807) is 23.5 Å². The lowest BCUT2D eigenvalue weighted by Crippen LogP contribution is -2.25. The first-order valence-corrected chi connectivity index (χ1v) is 20.3. The first-order valence-electron chi connectivity index (χ1n) is 18.3. The van der Waals surface area contributed by atoms with Gasteiger partial charge in [-0.25, -0.2) is 0 Å². The predicted molar refractivity (Wildman–Crippen MR) is 190 cm³/mol. The number of hydrogen-bond donors (Lipinski definition) is 0. The summed E-state index contributed by atoms with van der Waals surface area (Å²) in [5.74, 6) is 2.14. The number of allylic oxidation sites excluding steroid dienone is 2. The van der Waals surface area contributed by atoms with Crippen molar-refractivity contribution < 1.29 is 4.74 Å². The van der Waals surface area contributed by atoms with Crippen molar-refractivity contribution in [2.24, 2.45) is 0 Å². The fraction of sp³-hybridized carbons (Fsp3) is 0.861. The highest BCUT2D eigenvalue weighted by atomic mass is 32.2. The third-order valence-electron chi connectivity index (χ3n) is 8.28. The molecule has 5 nitrogen and oxygen atoms in total. The van der Waals surface area contributed by atoms with Crippen LogP contribution < -0.4 is 4.74 Å². The second-order valence-corrected chi connectivity index (χ2v) is 14.5. The van der Waals surface area contributed by atoms with Crippen LogP contribution in [0.4, 0.5) is 0 Å². The number of thioether (sulfide) groups is 2. The van der Waals surface area contributed by atoms with Crippen LogP contribution in [0.25, 0.3) is 0 Å². The molecule has 0 amide bonds. The van der Waals surface area contributed by atoms with Crippen molar-refractivity contribution in [1.29, 1.82) is 0 Å². The zero-order chi connectivity index (χ0) is 30.5. The summed E-state index contributed by atoms with van der Waals surface area (Å²) >= 11 is 3.54. The lowest BCUT2D eigenvalue weighted by atomic mass is 10.1. The summed E-state index contributed by atoms with van der Waals surface area (Å²) in [6.45, 7) is 8.57. The largest absolute Gasteiger partial charge is 0.462 e. The molecule has 0 bridgehead atoms. The number of unbranched alkanes of at least 4 members (excludes halogenated alkanes) is 18. The Kier molecular flexibility index (Phi) is 25.6. The van der Waals surface area contributed by atoms with Crippen LogP contribution in [0.3, 0.4) is 0 Å². The van der Waals surface area contributed by atoms with Crippen LogP contribution >= 0.6 is 23.5 Å². The van der Waals surface area contributed by atoms with E-state index in [9.17, 15) is 0 Å². The standard InChI is InChI=1S/C36H66N4OS2/c1-3-5-7-9-11-12-13-14-15-16-17-18-19-21-23-27-33-43-36-38-34(41-31-30-40-28-24-25-29-40)37-35(39-36)42-32-26-22-20-10-8-6-4-2/h14-15H,3-13,16-33H2,1-2H3/b15-14-. The van der Waals surface area contributed by atoms with Crippen molar-refractivity contribution in [1.82, 2.24) is 19.9 Å². The van der Waals surface area contributed by atoms with Gasteiger partial charge in [0.25, 0.3) is 0 Å². The van der Waals surface area contributed by atoms with Crippen LogP contribution in [-0.4, -0.2) is 57.6 Å². The van der Waals surface area contributed by atoms with E-state index in [1.165, 1.54) is 161 Å². The van der Waals surface area contributed by atoms with Crippen molar-refractivity contribution in [3.05, 3.63) is 12.2 Å². The number of rotatable bonds is 30. The predicted octanol–water partition coefficient (Wildman–Crippen LogP) is 11.3. The Morgan fingerprint density at radius 3 is 1.51 bits per heavy atom. The Balaban J connectivity index is 1.58. The van der Waals surface area contributed by atoms with Gasteiger partial charge >= 0.3 is 6.01 Å². The first-order chi connectivity index (χ1) is 21.3. The smallest absolute Gasteiger partial charge is 0.321 e. The molecule has 0 saturated carbocycles. The van der Waals surface area contributed by atoms with Crippen LogP contribution in [-0.2, 0) is 0 Å². The molecule has 0 atom stereocenters. The van der Waals surface area contributed by atoms with E-state index in [2.05, 4.69) is 40.9 Å². The van der Waals surface area contributed by atoms with E-state index in [4.69, 9.17) is 9.72 Å². The second-order valence-electron chi connectivity index (χ2n) is 12.3. The normalized spacial score (nSPS) is 13.9. The quantitative estimate of drug-likeness (QED) is 0.0474. The minimum Gasteiger partial charge on any atom is -0.462 e. The lowest BCUT2D eigenvalue weighted by Gasteiger charge is -2.14. The maximum atomic E-state index is 6.03. The van der Waals surface area contributed by atoms with Crippen LogP contribution in [0.15, 0.2) is 22.5 Å². The van der Waals surface area contributed by atoms with Gasteiger partial charge in [0.1, 0.15) is 6.61 Å². The monoisotopic (exact) mass is 634 g/mol. The summed E-state index contributed by atoms with van der Waals surface area (Å²) in [4.78, 5) is 16.6. The molecule has 7 heteroatoms. The molecule has 0 unspecified atom stereocenters. The van der Waals surface area contributed by atoms with Gasteiger partial charge in [-0.15, -0.1) is 0 Å². The van der Waals surface area contributed by atoms with E-state index >= 15 is 0 Å². The van der Waals surface area contributed by atoms with Crippen molar-refractivity contribution in [3.63, 3.8) is 0 Å². The third-order valence-corrected chi connectivity index (χ3v) is 10.1. The van der Waals surface area contributed by atoms with E-state index < -0.39 is 0 Å². The maximum Gasteiger partial charge on any atom is 0.321 e. The van der Waals surface area contributed by atoms with Gasteiger partial charge in [-0.2, -0.15) is 15.0 Å². The molecule has 43 heavy (non-hydrogen) atoms. The first kappa shape index (κ1) is 38.4. The van der Waals surface area contributed by atoms with Crippen molar-refractivity contribution in [2.75, 3.05) is 37.7 Å². The summed E-state index contributed by atoms with van der Waals surface area (Å²) < 4.78 is 6.03. The molecule has 248 valence electrons. The average Bonchev–Trinajstić information content (AvgIpc) is 3.54. The van der Waals surface area contributed by atoms with Gasteiger partial charge in [-0.3, -0.25) is 4.90 Å². The fourth-order valence-corrected chi connectivity index (χ4v) is 7.23. The van der Waals surface area contributed by atoms with Gasteiger partial charge < -0.3 is 4.74 Å². The summed E-state index contributed by atoms with van der Waals surface area (Å²) in [5.41, 5.74) is 0. The molecule has 1 aliphatic rings. The van der Waals surface area contributed by atoms with Gasteiger partial charge in [0.15, 0.2) is 10.3 Å². The van der Waals surface area contributed by atoms with E-state index in [1.807, 2.05) is 0 Å². The van der Waals surface area contributed by atoms with Crippen molar-refractivity contribution in [3.8, 4) is 6.01 Å². The molecule has 0 aliphatic carbocycles. The molecule has 1 aliphatic heterocycles. The molecule has 1 saturated heterocycles. The second kappa shape index (κ2) is 28.7. The Morgan fingerprint density at radius 1 is 0.581 bits per heavy atom. The molecular formula is C36H66N4OS2. The summed E-state index contributed by atoms with van der Waals surface area (Å²) in [6, 6.07) is 0.514. The maximum absolute atomic E-state index is 6.03. The SMILES string of the molecule is CCCCCCCC/C=C\CCCCCCCCSc1nc(OCCN2CCCC2)nc(SCCCCCCCCC)n1. The number of ether oxygens (including phenoxy) is 1. The number of nitrogens with zero attached hydrogens (tertiary/aromatic N) is 4. The lowest BCUT2D eigenvalue weighted by molar-refractivity contribution is 0.221. The van der Waals surface area contributed by atoms with Crippen LogP contribution in [0.5, 0.6) is 6.01 Å². The molecular weight excluding hydrogens is 569 g/mol.